The fourth-order valence-electron chi connectivity index (χ4n) is 2.50. The van der Waals surface area contributed by atoms with Gasteiger partial charge in [0.15, 0.2) is 5.82 Å². The fraction of sp³-hybridized carbons (Fsp3) is 0.538. The Balaban J connectivity index is 1.91. The van der Waals surface area contributed by atoms with E-state index in [1.165, 1.54) is 10.4 Å². The zero-order chi connectivity index (χ0) is 15.0. The summed E-state index contributed by atoms with van der Waals surface area (Å²) in [6, 6.07) is 0. The molecule has 21 heavy (non-hydrogen) atoms. The van der Waals surface area contributed by atoms with Crippen molar-refractivity contribution < 1.29 is 4.21 Å². The second kappa shape index (κ2) is 5.96. The van der Waals surface area contributed by atoms with Crippen LogP contribution in [0.4, 0.5) is 5.82 Å². The molecule has 0 unspecified atom stereocenters. The van der Waals surface area contributed by atoms with E-state index in [4.69, 9.17) is 5.84 Å². The van der Waals surface area contributed by atoms with Gasteiger partial charge < -0.3 is 5.43 Å². The summed E-state index contributed by atoms with van der Waals surface area (Å²) in [5.74, 6) is 8.56. The second-order valence-electron chi connectivity index (χ2n) is 5.22. The van der Waals surface area contributed by atoms with E-state index in [1.54, 1.807) is 11.3 Å². The maximum atomic E-state index is 11.4. The van der Waals surface area contributed by atoms with Crippen LogP contribution < -0.4 is 11.3 Å². The van der Waals surface area contributed by atoms with Crippen LogP contribution in [0.5, 0.6) is 0 Å². The highest BCUT2D eigenvalue weighted by atomic mass is 32.2. The van der Waals surface area contributed by atoms with Crippen LogP contribution in [0.15, 0.2) is 0 Å². The highest BCUT2D eigenvalue weighted by Gasteiger charge is 2.18. The van der Waals surface area contributed by atoms with Gasteiger partial charge in [0.25, 0.3) is 0 Å². The lowest BCUT2D eigenvalue weighted by Crippen LogP contribution is -2.37. The topological polar surface area (TPSA) is 84.1 Å². The zero-order valence-electron chi connectivity index (χ0n) is 12.2. The lowest BCUT2D eigenvalue weighted by molar-refractivity contribution is 0.284. The number of nitrogens with two attached hydrogens (primary N) is 1. The van der Waals surface area contributed by atoms with E-state index in [2.05, 4.69) is 34.1 Å². The summed E-state index contributed by atoms with van der Waals surface area (Å²) >= 11 is 1.67. The third-order valence-electron chi connectivity index (χ3n) is 3.85. The number of aryl methyl sites for hydroxylation is 2. The quantitative estimate of drug-likeness (QED) is 0.651. The first-order valence-electron chi connectivity index (χ1n) is 6.89. The van der Waals surface area contributed by atoms with Gasteiger partial charge in [-0.3, -0.25) is 9.11 Å². The molecule has 0 saturated carbocycles. The molecule has 0 aliphatic carbocycles. The van der Waals surface area contributed by atoms with Gasteiger partial charge in [-0.05, 0) is 19.4 Å². The van der Waals surface area contributed by atoms with Crippen molar-refractivity contribution in [2.75, 3.05) is 30.0 Å². The highest BCUT2D eigenvalue weighted by Crippen LogP contribution is 2.32. The monoisotopic (exact) mass is 325 g/mol. The molecule has 1 aliphatic rings. The van der Waals surface area contributed by atoms with Crippen molar-refractivity contribution in [2.24, 2.45) is 5.84 Å². The zero-order valence-corrected chi connectivity index (χ0v) is 13.8. The molecule has 2 aromatic heterocycles. The Kier molecular flexibility index (Phi) is 4.21. The number of aromatic nitrogens is 2. The molecule has 114 valence electrons. The van der Waals surface area contributed by atoms with Gasteiger partial charge in [0.1, 0.15) is 10.7 Å². The van der Waals surface area contributed by atoms with Gasteiger partial charge in [-0.25, -0.2) is 15.8 Å². The number of nitrogens with zero attached hydrogens (tertiary/aromatic N) is 3. The minimum absolute atomic E-state index is 0.660. The molecule has 0 spiro atoms. The number of thiophene rings is 1. The number of nitrogen functional groups attached to an aromatic ring is 1. The first kappa shape index (κ1) is 14.8. The molecule has 1 fully saturated rings. The van der Waals surface area contributed by atoms with Crippen molar-refractivity contribution in [1.82, 2.24) is 14.9 Å². The van der Waals surface area contributed by atoms with Gasteiger partial charge in [-0.15, -0.1) is 11.3 Å². The Labute approximate surface area is 130 Å². The van der Waals surface area contributed by atoms with Crippen LogP contribution in [0.3, 0.4) is 0 Å². The van der Waals surface area contributed by atoms with Crippen LogP contribution in [0.2, 0.25) is 0 Å². The van der Waals surface area contributed by atoms with Crippen LogP contribution in [0.1, 0.15) is 16.3 Å². The molecule has 0 radical (unpaired) electrons. The van der Waals surface area contributed by atoms with Gasteiger partial charge in [-0.2, -0.15) is 0 Å². The molecule has 3 heterocycles. The van der Waals surface area contributed by atoms with Crippen LogP contribution in [-0.2, 0) is 17.3 Å². The fourth-order valence-corrected chi connectivity index (χ4v) is 4.68. The number of fused-ring (bicyclic) bond motifs is 1. The molecule has 1 aliphatic heterocycles. The van der Waals surface area contributed by atoms with Gasteiger partial charge >= 0.3 is 0 Å². The Hall–Kier alpha value is -1.09. The second-order valence-corrected chi connectivity index (χ2v) is 8.12. The minimum Gasteiger partial charge on any atom is -0.308 e. The normalized spacial score (nSPS) is 17.5. The summed E-state index contributed by atoms with van der Waals surface area (Å²) in [5, 5.41) is 1.02. The van der Waals surface area contributed by atoms with Crippen molar-refractivity contribution in [3.05, 3.63) is 16.3 Å². The van der Waals surface area contributed by atoms with Gasteiger partial charge in [0, 0.05) is 40.3 Å². The summed E-state index contributed by atoms with van der Waals surface area (Å²) < 4.78 is 11.4. The summed E-state index contributed by atoms with van der Waals surface area (Å²) in [7, 11) is -0.660. The van der Waals surface area contributed by atoms with Gasteiger partial charge in [0.2, 0.25) is 0 Å². The van der Waals surface area contributed by atoms with E-state index in [9.17, 15) is 4.21 Å². The van der Waals surface area contributed by atoms with Crippen molar-refractivity contribution in [3.63, 3.8) is 0 Å². The van der Waals surface area contributed by atoms with E-state index in [0.29, 0.717) is 12.4 Å². The number of rotatable bonds is 3. The van der Waals surface area contributed by atoms with Crippen molar-refractivity contribution in [1.29, 1.82) is 0 Å². The number of nitrogens with one attached hydrogen (secondary N) is 1. The number of anilines is 1. The molecular weight excluding hydrogens is 306 g/mol. The predicted molar refractivity (Wildman–Crippen MR) is 87.9 cm³/mol. The Morgan fingerprint density at radius 3 is 2.71 bits per heavy atom. The molecule has 6 nitrogen and oxygen atoms in total. The summed E-state index contributed by atoms with van der Waals surface area (Å²) in [5.41, 5.74) is 3.88. The van der Waals surface area contributed by atoms with E-state index < -0.39 is 10.8 Å². The van der Waals surface area contributed by atoms with Crippen LogP contribution >= 0.6 is 11.3 Å². The highest BCUT2D eigenvalue weighted by molar-refractivity contribution is 7.85. The van der Waals surface area contributed by atoms with E-state index in [-0.39, 0.29) is 0 Å². The van der Waals surface area contributed by atoms with Crippen LogP contribution in [-0.4, -0.2) is 43.7 Å². The van der Waals surface area contributed by atoms with E-state index in [0.717, 1.165) is 40.6 Å². The maximum Gasteiger partial charge on any atom is 0.152 e. The molecule has 0 bridgehead atoms. The first-order valence-corrected chi connectivity index (χ1v) is 9.19. The average molecular weight is 325 g/mol. The lowest BCUT2D eigenvalue weighted by Gasteiger charge is -2.25. The van der Waals surface area contributed by atoms with Crippen molar-refractivity contribution in [3.8, 4) is 0 Å². The van der Waals surface area contributed by atoms with Crippen molar-refractivity contribution in [2.45, 2.75) is 20.4 Å². The Morgan fingerprint density at radius 2 is 2.05 bits per heavy atom. The smallest absolute Gasteiger partial charge is 0.152 e. The molecule has 3 N–H and O–H groups in total. The molecule has 2 aromatic rings. The summed E-state index contributed by atoms with van der Waals surface area (Å²) in [6.07, 6.45) is 0. The van der Waals surface area contributed by atoms with Gasteiger partial charge in [0.05, 0.1) is 11.9 Å². The van der Waals surface area contributed by atoms with Gasteiger partial charge in [-0.1, -0.05) is 0 Å². The number of hydrazine groups is 1. The van der Waals surface area contributed by atoms with E-state index in [1.807, 2.05) is 0 Å². The largest absolute Gasteiger partial charge is 0.308 e. The molecule has 0 atom stereocenters. The van der Waals surface area contributed by atoms with Crippen molar-refractivity contribution >= 4 is 38.2 Å². The molecule has 0 aromatic carbocycles. The lowest BCUT2D eigenvalue weighted by atomic mass is 10.2. The molecule has 3 rings (SSSR count). The minimum atomic E-state index is -0.660. The molecular formula is C13H19N5OS2. The molecule has 0 amide bonds. The molecule has 8 heteroatoms. The Bertz CT molecular complexity index is 689. The van der Waals surface area contributed by atoms with Crippen LogP contribution in [0, 0.1) is 13.8 Å². The van der Waals surface area contributed by atoms with Crippen LogP contribution in [0.25, 0.3) is 10.2 Å². The SMILES string of the molecule is Cc1sc2nc(CN3CCS(=O)CC3)nc(NN)c2c1C. The summed E-state index contributed by atoms with van der Waals surface area (Å²) in [4.78, 5) is 13.7. The Morgan fingerprint density at radius 1 is 1.33 bits per heavy atom. The molecule has 1 saturated heterocycles. The number of hydrogen-bond acceptors (Lipinski definition) is 7. The predicted octanol–water partition coefficient (Wildman–Crippen LogP) is 1.16. The third kappa shape index (κ3) is 2.94. The first-order chi connectivity index (χ1) is 10.1. The maximum absolute atomic E-state index is 11.4. The average Bonchev–Trinajstić information content (AvgIpc) is 2.76. The van der Waals surface area contributed by atoms with E-state index >= 15 is 0 Å². The third-order valence-corrected chi connectivity index (χ3v) is 6.22. The standard InChI is InChI=1S/C13H19N5OS2/c1-8-9(2)20-13-11(8)12(17-14)15-10(16-13)7-18-3-5-21(19)6-4-18/h3-7,14H2,1-2H3,(H,15,16,17). The number of hydrogen-bond donors (Lipinski definition) is 2. The summed E-state index contributed by atoms with van der Waals surface area (Å²) in [6.45, 7) is 6.50.